The number of nitrogens with zero attached hydrogens (tertiary/aromatic N) is 2. The summed E-state index contributed by atoms with van der Waals surface area (Å²) in [5, 5.41) is 4.00. The summed E-state index contributed by atoms with van der Waals surface area (Å²) in [7, 11) is 0. The Labute approximate surface area is 120 Å². The molecule has 0 aliphatic rings. The molecule has 1 unspecified atom stereocenters. The summed E-state index contributed by atoms with van der Waals surface area (Å²) in [5.74, 6) is 1.28. The van der Waals surface area contributed by atoms with Crippen LogP contribution in [0.3, 0.4) is 0 Å². The summed E-state index contributed by atoms with van der Waals surface area (Å²) in [4.78, 5) is 4.41. The summed E-state index contributed by atoms with van der Waals surface area (Å²) in [5.41, 5.74) is 7.39. The van der Waals surface area contributed by atoms with Crippen LogP contribution in [0.25, 0.3) is 0 Å². The molecule has 0 spiro atoms. The van der Waals surface area contributed by atoms with Gasteiger partial charge >= 0.3 is 0 Å². The maximum atomic E-state index is 6.12. The van der Waals surface area contributed by atoms with Crippen molar-refractivity contribution in [1.82, 2.24) is 10.1 Å². The molecule has 2 aromatic rings. The fraction of sp³-hybridized carbons (Fsp3) is 0.500. The quantitative estimate of drug-likeness (QED) is 0.907. The van der Waals surface area contributed by atoms with Gasteiger partial charge in [-0.15, -0.1) is 0 Å². The lowest BCUT2D eigenvalue weighted by Gasteiger charge is -2.23. The molecular formula is C16H23N3O. The molecule has 2 rings (SSSR count). The van der Waals surface area contributed by atoms with Crippen molar-refractivity contribution >= 4 is 0 Å². The third kappa shape index (κ3) is 3.90. The number of hydrogen-bond donors (Lipinski definition) is 1. The zero-order valence-corrected chi connectivity index (χ0v) is 12.5. The molecule has 4 heteroatoms. The lowest BCUT2D eigenvalue weighted by Crippen LogP contribution is -2.27. The third-order valence-corrected chi connectivity index (χ3v) is 3.39. The Morgan fingerprint density at radius 2 is 1.85 bits per heavy atom. The number of aromatic nitrogens is 2. The number of aryl methyl sites for hydroxylation is 2. The van der Waals surface area contributed by atoms with E-state index in [4.69, 9.17) is 10.3 Å². The first-order valence-corrected chi connectivity index (χ1v) is 7.09. The second-order valence-electron chi connectivity index (χ2n) is 6.23. The zero-order chi connectivity index (χ0) is 14.6. The Balaban J connectivity index is 1.87. The smallest absolute Gasteiger partial charge is 0.226 e. The van der Waals surface area contributed by atoms with Gasteiger partial charge in [-0.1, -0.05) is 56.3 Å². The van der Waals surface area contributed by atoms with E-state index in [0.717, 1.165) is 19.3 Å². The lowest BCUT2D eigenvalue weighted by atomic mass is 9.87. The van der Waals surface area contributed by atoms with Gasteiger partial charge in [0.1, 0.15) is 0 Å². The Morgan fingerprint density at radius 3 is 2.50 bits per heavy atom. The van der Waals surface area contributed by atoms with Crippen LogP contribution in [0.4, 0.5) is 0 Å². The highest BCUT2D eigenvalue weighted by Crippen LogP contribution is 2.28. The van der Waals surface area contributed by atoms with Crippen molar-refractivity contribution < 1.29 is 4.52 Å². The molecular weight excluding hydrogens is 250 g/mol. The fourth-order valence-corrected chi connectivity index (χ4v) is 1.97. The van der Waals surface area contributed by atoms with Crippen LogP contribution in [0.1, 0.15) is 50.5 Å². The van der Waals surface area contributed by atoms with Gasteiger partial charge in [-0.05, 0) is 23.8 Å². The Hall–Kier alpha value is -1.68. The van der Waals surface area contributed by atoms with Gasteiger partial charge in [-0.2, -0.15) is 4.98 Å². The van der Waals surface area contributed by atoms with E-state index in [0.29, 0.717) is 11.7 Å². The molecule has 1 aromatic heterocycles. The molecule has 4 nitrogen and oxygen atoms in total. The topological polar surface area (TPSA) is 64.9 Å². The molecule has 0 aliphatic carbocycles. The predicted octanol–water partition coefficient (Wildman–Crippen LogP) is 3.29. The van der Waals surface area contributed by atoms with Crippen molar-refractivity contribution in [1.29, 1.82) is 0 Å². The zero-order valence-electron chi connectivity index (χ0n) is 12.5. The highest BCUT2D eigenvalue weighted by molar-refractivity contribution is 5.14. The van der Waals surface area contributed by atoms with E-state index in [2.05, 4.69) is 55.2 Å². The molecule has 0 aliphatic heterocycles. The first kappa shape index (κ1) is 14.7. The number of hydrogen-bond acceptors (Lipinski definition) is 4. The van der Waals surface area contributed by atoms with Crippen LogP contribution in [-0.2, 0) is 12.8 Å². The molecule has 1 aromatic carbocycles. The molecule has 0 saturated carbocycles. The highest BCUT2D eigenvalue weighted by Gasteiger charge is 2.26. The van der Waals surface area contributed by atoms with Gasteiger partial charge in [0.15, 0.2) is 5.82 Å². The average molecular weight is 273 g/mol. The molecule has 0 fully saturated rings. The molecule has 20 heavy (non-hydrogen) atoms. The van der Waals surface area contributed by atoms with Gasteiger partial charge in [-0.25, -0.2) is 0 Å². The Bertz CT molecular complexity index is 528. The molecule has 0 saturated heterocycles. The Morgan fingerprint density at radius 1 is 1.15 bits per heavy atom. The predicted molar refractivity (Wildman–Crippen MR) is 79.1 cm³/mol. The van der Waals surface area contributed by atoms with Crippen molar-refractivity contribution in [2.75, 3.05) is 0 Å². The molecule has 0 amide bonds. The summed E-state index contributed by atoms with van der Waals surface area (Å²) >= 11 is 0. The Kier molecular flexibility index (Phi) is 4.55. The third-order valence-electron chi connectivity index (χ3n) is 3.39. The molecule has 1 heterocycles. The van der Waals surface area contributed by atoms with Gasteiger partial charge in [-0.3, -0.25) is 0 Å². The second-order valence-corrected chi connectivity index (χ2v) is 6.23. The van der Waals surface area contributed by atoms with Crippen molar-refractivity contribution in [2.24, 2.45) is 11.1 Å². The van der Waals surface area contributed by atoms with Crippen LogP contribution in [0.15, 0.2) is 34.9 Å². The monoisotopic (exact) mass is 273 g/mol. The molecule has 108 valence electrons. The van der Waals surface area contributed by atoms with Crippen LogP contribution >= 0.6 is 0 Å². The number of nitrogens with two attached hydrogens (primary N) is 1. The van der Waals surface area contributed by atoms with Crippen LogP contribution in [0, 0.1) is 5.41 Å². The standard InChI is InChI=1S/C16H23N3O/c1-16(2,3)14(17)15-18-13(20-19-15)11-7-10-12-8-5-4-6-9-12/h4-6,8-9,14H,7,10-11,17H2,1-3H3. The van der Waals surface area contributed by atoms with Gasteiger partial charge in [0, 0.05) is 6.42 Å². The van der Waals surface area contributed by atoms with Gasteiger partial charge in [0.2, 0.25) is 5.89 Å². The summed E-state index contributed by atoms with van der Waals surface area (Å²) in [6.07, 6.45) is 2.80. The van der Waals surface area contributed by atoms with Crippen LogP contribution in [0.2, 0.25) is 0 Å². The molecule has 1 atom stereocenters. The minimum Gasteiger partial charge on any atom is -0.339 e. The van der Waals surface area contributed by atoms with E-state index in [-0.39, 0.29) is 11.5 Å². The molecule has 2 N–H and O–H groups in total. The first-order valence-electron chi connectivity index (χ1n) is 7.09. The molecule has 0 bridgehead atoms. The average Bonchev–Trinajstić information content (AvgIpc) is 2.87. The van der Waals surface area contributed by atoms with E-state index in [1.807, 2.05) is 6.07 Å². The minimum absolute atomic E-state index is 0.0643. The van der Waals surface area contributed by atoms with Crippen LogP contribution in [-0.4, -0.2) is 10.1 Å². The molecule has 0 radical (unpaired) electrons. The second kappa shape index (κ2) is 6.18. The van der Waals surface area contributed by atoms with E-state index in [1.165, 1.54) is 5.56 Å². The van der Waals surface area contributed by atoms with E-state index < -0.39 is 0 Å². The lowest BCUT2D eigenvalue weighted by molar-refractivity contribution is 0.300. The highest BCUT2D eigenvalue weighted by atomic mass is 16.5. The first-order chi connectivity index (χ1) is 9.47. The van der Waals surface area contributed by atoms with Crippen molar-refractivity contribution in [2.45, 2.75) is 46.1 Å². The van der Waals surface area contributed by atoms with Crippen molar-refractivity contribution in [3.05, 3.63) is 47.6 Å². The SMILES string of the molecule is CC(C)(C)C(N)c1noc(CCCc2ccccc2)n1. The van der Waals surface area contributed by atoms with Gasteiger partial charge in [0.25, 0.3) is 0 Å². The number of benzene rings is 1. The summed E-state index contributed by atoms with van der Waals surface area (Å²) in [6, 6.07) is 10.2. The van der Waals surface area contributed by atoms with E-state index >= 15 is 0 Å². The van der Waals surface area contributed by atoms with Crippen molar-refractivity contribution in [3.63, 3.8) is 0 Å². The fourth-order valence-electron chi connectivity index (χ4n) is 1.97. The normalized spacial score (nSPS) is 13.4. The summed E-state index contributed by atoms with van der Waals surface area (Å²) in [6.45, 7) is 6.22. The maximum Gasteiger partial charge on any atom is 0.226 e. The van der Waals surface area contributed by atoms with Gasteiger partial charge < -0.3 is 10.3 Å². The van der Waals surface area contributed by atoms with E-state index in [1.54, 1.807) is 0 Å². The largest absolute Gasteiger partial charge is 0.339 e. The number of rotatable bonds is 5. The van der Waals surface area contributed by atoms with E-state index in [9.17, 15) is 0 Å². The maximum absolute atomic E-state index is 6.12. The van der Waals surface area contributed by atoms with Crippen LogP contribution < -0.4 is 5.73 Å². The van der Waals surface area contributed by atoms with Crippen LogP contribution in [0.5, 0.6) is 0 Å². The summed E-state index contributed by atoms with van der Waals surface area (Å²) < 4.78 is 5.28. The van der Waals surface area contributed by atoms with Gasteiger partial charge in [0.05, 0.1) is 6.04 Å². The minimum atomic E-state index is -0.200. The van der Waals surface area contributed by atoms with Crippen molar-refractivity contribution in [3.8, 4) is 0 Å².